The van der Waals surface area contributed by atoms with E-state index in [9.17, 15) is 0 Å². The number of hydrogen-bond acceptors (Lipinski definition) is 3. The Morgan fingerprint density at radius 1 is 1.18 bits per heavy atom. The second-order valence-electron chi connectivity index (χ2n) is 4.73. The summed E-state index contributed by atoms with van der Waals surface area (Å²) in [5, 5.41) is 3.27. The average molecular weight is 233 g/mol. The van der Waals surface area contributed by atoms with Gasteiger partial charge in [-0.2, -0.15) is 0 Å². The lowest BCUT2D eigenvalue weighted by Crippen LogP contribution is -2.24. The van der Waals surface area contributed by atoms with Crippen LogP contribution in [0.25, 0.3) is 0 Å². The van der Waals surface area contributed by atoms with E-state index in [0.717, 1.165) is 18.9 Å². The first-order valence-electron chi connectivity index (χ1n) is 6.80. The SMILES string of the molecule is CCNc1cccc(CN2CCCCCC2)n1. The van der Waals surface area contributed by atoms with E-state index in [1.807, 2.05) is 6.07 Å². The number of aromatic nitrogens is 1. The predicted octanol–water partition coefficient (Wildman–Crippen LogP) is 2.89. The maximum atomic E-state index is 4.63. The fraction of sp³-hybridized carbons (Fsp3) is 0.643. The molecule has 1 aliphatic heterocycles. The van der Waals surface area contributed by atoms with Gasteiger partial charge in [0, 0.05) is 13.1 Å². The molecule has 3 heteroatoms. The molecule has 1 aromatic rings. The van der Waals surface area contributed by atoms with Crippen molar-refractivity contribution in [2.45, 2.75) is 39.2 Å². The van der Waals surface area contributed by atoms with Gasteiger partial charge in [-0.1, -0.05) is 18.9 Å². The molecule has 1 fully saturated rings. The molecular formula is C14H23N3. The number of nitrogens with zero attached hydrogens (tertiary/aromatic N) is 2. The topological polar surface area (TPSA) is 28.2 Å². The molecule has 0 unspecified atom stereocenters. The van der Waals surface area contributed by atoms with Crippen LogP contribution in [0.1, 0.15) is 38.3 Å². The molecule has 0 saturated carbocycles. The molecule has 1 aromatic heterocycles. The van der Waals surface area contributed by atoms with Gasteiger partial charge in [0.2, 0.25) is 0 Å². The van der Waals surface area contributed by atoms with Gasteiger partial charge >= 0.3 is 0 Å². The largest absolute Gasteiger partial charge is 0.370 e. The Labute approximate surface area is 104 Å². The summed E-state index contributed by atoms with van der Waals surface area (Å²) in [6, 6.07) is 6.26. The fourth-order valence-electron chi connectivity index (χ4n) is 2.37. The molecule has 0 atom stereocenters. The highest BCUT2D eigenvalue weighted by molar-refractivity contribution is 5.34. The van der Waals surface area contributed by atoms with Crippen molar-refractivity contribution in [3.63, 3.8) is 0 Å². The third-order valence-corrected chi connectivity index (χ3v) is 3.25. The fourth-order valence-corrected chi connectivity index (χ4v) is 2.37. The normalized spacial score (nSPS) is 17.7. The highest BCUT2D eigenvalue weighted by Crippen LogP contribution is 2.13. The van der Waals surface area contributed by atoms with Crippen LogP contribution < -0.4 is 5.32 Å². The Kier molecular flexibility index (Phi) is 4.80. The zero-order valence-electron chi connectivity index (χ0n) is 10.8. The smallest absolute Gasteiger partial charge is 0.126 e. The average Bonchev–Trinajstić information content (AvgIpc) is 2.59. The van der Waals surface area contributed by atoms with Crippen molar-refractivity contribution in [3.05, 3.63) is 23.9 Å². The summed E-state index contributed by atoms with van der Waals surface area (Å²) < 4.78 is 0. The summed E-state index contributed by atoms with van der Waals surface area (Å²) in [5.74, 6) is 1.000. The molecule has 0 aliphatic carbocycles. The van der Waals surface area contributed by atoms with Crippen LogP contribution in [0, 0.1) is 0 Å². The van der Waals surface area contributed by atoms with Crippen LogP contribution in [0.4, 0.5) is 5.82 Å². The molecule has 17 heavy (non-hydrogen) atoms. The second kappa shape index (κ2) is 6.60. The van der Waals surface area contributed by atoms with E-state index in [4.69, 9.17) is 0 Å². The number of anilines is 1. The van der Waals surface area contributed by atoms with Crippen LogP contribution in [-0.2, 0) is 6.54 Å². The van der Waals surface area contributed by atoms with Crippen molar-refractivity contribution >= 4 is 5.82 Å². The van der Waals surface area contributed by atoms with Gasteiger partial charge in [-0.05, 0) is 45.0 Å². The molecule has 2 heterocycles. The van der Waals surface area contributed by atoms with Crippen LogP contribution in [0.3, 0.4) is 0 Å². The maximum Gasteiger partial charge on any atom is 0.126 e. The van der Waals surface area contributed by atoms with Crippen LogP contribution in [-0.4, -0.2) is 29.5 Å². The van der Waals surface area contributed by atoms with Crippen LogP contribution in [0.5, 0.6) is 0 Å². The Bertz CT molecular complexity index is 330. The first kappa shape index (κ1) is 12.4. The Balaban J connectivity index is 1.94. The molecule has 0 bridgehead atoms. The van der Waals surface area contributed by atoms with Gasteiger partial charge in [0.1, 0.15) is 5.82 Å². The van der Waals surface area contributed by atoms with E-state index >= 15 is 0 Å². The minimum Gasteiger partial charge on any atom is -0.370 e. The van der Waals surface area contributed by atoms with Crippen molar-refractivity contribution < 1.29 is 0 Å². The molecule has 94 valence electrons. The van der Waals surface area contributed by atoms with Crippen molar-refractivity contribution in [2.24, 2.45) is 0 Å². The summed E-state index contributed by atoms with van der Waals surface area (Å²) in [5.41, 5.74) is 1.19. The minimum atomic E-state index is 0.931. The first-order valence-corrected chi connectivity index (χ1v) is 6.80. The van der Waals surface area contributed by atoms with Crippen molar-refractivity contribution in [2.75, 3.05) is 25.0 Å². The molecular weight excluding hydrogens is 210 g/mol. The summed E-state index contributed by atoms with van der Waals surface area (Å²) in [7, 11) is 0. The maximum absolute atomic E-state index is 4.63. The number of rotatable bonds is 4. The standard InChI is InChI=1S/C14H23N3/c1-2-15-14-9-7-8-13(16-14)12-17-10-5-3-4-6-11-17/h7-9H,2-6,10-12H2,1H3,(H,15,16). The molecule has 2 rings (SSSR count). The van der Waals surface area contributed by atoms with Crippen LogP contribution in [0.15, 0.2) is 18.2 Å². The lowest BCUT2D eigenvalue weighted by Gasteiger charge is -2.19. The molecule has 1 N–H and O–H groups in total. The molecule has 0 radical (unpaired) electrons. The Morgan fingerprint density at radius 2 is 1.94 bits per heavy atom. The van der Waals surface area contributed by atoms with Gasteiger partial charge in [0.15, 0.2) is 0 Å². The highest BCUT2D eigenvalue weighted by atomic mass is 15.1. The Morgan fingerprint density at radius 3 is 2.65 bits per heavy atom. The number of likely N-dealkylation sites (tertiary alicyclic amines) is 1. The molecule has 1 aliphatic rings. The van der Waals surface area contributed by atoms with Gasteiger partial charge in [0.25, 0.3) is 0 Å². The van der Waals surface area contributed by atoms with Gasteiger partial charge in [-0.15, -0.1) is 0 Å². The molecule has 3 nitrogen and oxygen atoms in total. The van der Waals surface area contributed by atoms with E-state index in [0.29, 0.717) is 0 Å². The van der Waals surface area contributed by atoms with Gasteiger partial charge in [-0.25, -0.2) is 4.98 Å². The molecule has 0 aromatic carbocycles. The van der Waals surface area contributed by atoms with Gasteiger partial charge < -0.3 is 5.32 Å². The lowest BCUT2D eigenvalue weighted by molar-refractivity contribution is 0.274. The van der Waals surface area contributed by atoms with E-state index in [1.165, 1.54) is 44.5 Å². The van der Waals surface area contributed by atoms with Crippen molar-refractivity contribution in [1.82, 2.24) is 9.88 Å². The second-order valence-corrected chi connectivity index (χ2v) is 4.73. The summed E-state index contributed by atoms with van der Waals surface area (Å²) >= 11 is 0. The minimum absolute atomic E-state index is 0.931. The third kappa shape index (κ3) is 4.00. The molecule has 0 spiro atoms. The molecule has 0 amide bonds. The van der Waals surface area contributed by atoms with E-state index in [1.54, 1.807) is 0 Å². The monoisotopic (exact) mass is 233 g/mol. The zero-order valence-corrected chi connectivity index (χ0v) is 10.8. The summed E-state index contributed by atoms with van der Waals surface area (Å²) in [4.78, 5) is 7.17. The summed E-state index contributed by atoms with van der Waals surface area (Å²) in [6.07, 6.45) is 5.46. The van der Waals surface area contributed by atoms with E-state index < -0.39 is 0 Å². The zero-order chi connectivity index (χ0) is 11.9. The van der Waals surface area contributed by atoms with Crippen LogP contribution >= 0.6 is 0 Å². The summed E-state index contributed by atoms with van der Waals surface area (Å²) in [6.45, 7) is 6.49. The van der Waals surface area contributed by atoms with Crippen molar-refractivity contribution in [3.8, 4) is 0 Å². The quantitative estimate of drug-likeness (QED) is 0.866. The number of nitrogens with one attached hydrogen (secondary N) is 1. The molecule has 1 saturated heterocycles. The first-order chi connectivity index (χ1) is 8.38. The Hall–Kier alpha value is -1.09. The lowest BCUT2D eigenvalue weighted by atomic mass is 10.2. The van der Waals surface area contributed by atoms with Crippen LogP contribution in [0.2, 0.25) is 0 Å². The van der Waals surface area contributed by atoms with E-state index in [-0.39, 0.29) is 0 Å². The van der Waals surface area contributed by atoms with Gasteiger partial charge in [0.05, 0.1) is 5.69 Å². The van der Waals surface area contributed by atoms with E-state index in [2.05, 4.69) is 34.3 Å². The number of hydrogen-bond donors (Lipinski definition) is 1. The van der Waals surface area contributed by atoms with Crippen molar-refractivity contribution in [1.29, 1.82) is 0 Å². The predicted molar refractivity (Wildman–Crippen MR) is 72.1 cm³/mol. The number of pyridine rings is 1. The van der Waals surface area contributed by atoms with Gasteiger partial charge in [-0.3, -0.25) is 4.90 Å². The highest BCUT2D eigenvalue weighted by Gasteiger charge is 2.10. The third-order valence-electron chi connectivity index (χ3n) is 3.25.